The molecule has 6 nitrogen and oxygen atoms in total. The van der Waals surface area contributed by atoms with Crippen LogP contribution in [0, 0.1) is 5.82 Å². The molecule has 0 radical (unpaired) electrons. The van der Waals surface area contributed by atoms with Crippen molar-refractivity contribution in [1.29, 1.82) is 0 Å². The number of hydrogen-bond acceptors (Lipinski definition) is 4. The van der Waals surface area contributed by atoms with E-state index in [0.717, 1.165) is 46.4 Å². The Morgan fingerprint density at radius 3 is 2.57 bits per heavy atom. The number of hydrogen-bond donors (Lipinski definition) is 2. The summed E-state index contributed by atoms with van der Waals surface area (Å²) in [5.74, 6) is -0.00404. The van der Waals surface area contributed by atoms with Gasteiger partial charge in [-0.3, -0.25) is 0 Å². The molecule has 1 saturated heterocycles. The monoisotopic (exact) mass is 500 g/mol. The number of carbonyl (C=O) groups excluding carboxylic acids is 1. The molecule has 0 atom stereocenters. The molecule has 1 fully saturated rings. The molecule has 1 amide bonds. The van der Waals surface area contributed by atoms with Gasteiger partial charge in [0, 0.05) is 54.1 Å². The second-order valence-corrected chi connectivity index (χ2v) is 10.6. The number of aromatic nitrogens is 2. The number of ether oxygens (including phenoxy) is 1. The van der Waals surface area contributed by atoms with Crippen LogP contribution in [-0.4, -0.2) is 39.7 Å². The van der Waals surface area contributed by atoms with Gasteiger partial charge in [-0.05, 0) is 75.1 Å². The third kappa shape index (κ3) is 5.77. The van der Waals surface area contributed by atoms with Gasteiger partial charge < -0.3 is 19.9 Å². The maximum Gasteiger partial charge on any atom is 0.410 e. The summed E-state index contributed by atoms with van der Waals surface area (Å²) >= 11 is 0. The lowest BCUT2D eigenvalue weighted by Crippen LogP contribution is -2.41. The van der Waals surface area contributed by atoms with Crippen molar-refractivity contribution in [3.63, 3.8) is 0 Å². The van der Waals surface area contributed by atoms with Crippen LogP contribution in [0.15, 0.2) is 66.9 Å². The topological polar surface area (TPSA) is 70.2 Å². The van der Waals surface area contributed by atoms with E-state index in [-0.39, 0.29) is 17.8 Å². The zero-order valence-electron chi connectivity index (χ0n) is 21.6. The van der Waals surface area contributed by atoms with Gasteiger partial charge in [-0.1, -0.05) is 30.3 Å². The Balaban J connectivity index is 1.34. The van der Waals surface area contributed by atoms with E-state index in [1.165, 1.54) is 6.07 Å². The van der Waals surface area contributed by atoms with Crippen molar-refractivity contribution in [3.8, 4) is 11.1 Å². The Morgan fingerprint density at radius 2 is 1.84 bits per heavy atom. The molecule has 3 heterocycles. The molecule has 0 aliphatic carbocycles. The summed E-state index contributed by atoms with van der Waals surface area (Å²) in [4.78, 5) is 22.2. The SMILES string of the molecule is CC(C)(C)OC(=O)N1CCC(c2cc3c(-c4cc(NCc5ccccc5)ccc4F)ccnc3[nH]2)CC1. The first-order chi connectivity index (χ1) is 17.8. The molecule has 2 N–H and O–H groups in total. The lowest BCUT2D eigenvalue weighted by molar-refractivity contribution is 0.0204. The molecule has 37 heavy (non-hydrogen) atoms. The molecule has 1 aliphatic heterocycles. The summed E-state index contributed by atoms with van der Waals surface area (Å²) in [5.41, 5.74) is 4.66. The molecular formula is C30H33FN4O2. The predicted molar refractivity (Wildman–Crippen MR) is 145 cm³/mol. The first kappa shape index (κ1) is 24.8. The van der Waals surface area contributed by atoms with Gasteiger partial charge in [-0.25, -0.2) is 14.2 Å². The van der Waals surface area contributed by atoms with Crippen molar-refractivity contribution in [2.45, 2.75) is 51.7 Å². The summed E-state index contributed by atoms with van der Waals surface area (Å²) < 4.78 is 20.6. The van der Waals surface area contributed by atoms with E-state index in [2.05, 4.69) is 33.5 Å². The number of rotatable bonds is 5. The fourth-order valence-electron chi connectivity index (χ4n) is 4.84. The molecule has 0 saturated carbocycles. The van der Waals surface area contributed by atoms with Gasteiger partial charge in [0.15, 0.2) is 0 Å². The van der Waals surface area contributed by atoms with E-state index in [1.54, 1.807) is 17.2 Å². The van der Waals surface area contributed by atoms with Crippen molar-refractivity contribution in [2.75, 3.05) is 18.4 Å². The highest BCUT2D eigenvalue weighted by atomic mass is 19.1. The van der Waals surface area contributed by atoms with Crippen LogP contribution in [0.3, 0.4) is 0 Å². The van der Waals surface area contributed by atoms with Crippen molar-refractivity contribution in [1.82, 2.24) is 14.9 Å². The second-order valence-electron chi connectivity index (χ2n) is 10.6. The lowest BCUT2D eigenvalue weighted by Gasteiger charge is -2.33. The quantitative estimate of drug-likeness (QED) is 0.307. The molecule has 0 spiro atoms. The zero-order valence-corrected chi connectivity index (χ0v) is 21.6. The molecule has 0 bridgehead atoms. The molecule has 192 valence electrons. The van der Waals surface area contributed by atoms with Gasteiger partial charge in [0.1, 0.15) is 17.1 Å². The lowest BCUT2D eigenvalue weighted by atomic mass is 9.93. The Hall–Kier alpha value is -3.87. The summed E-state index contributed by atoms with van der Waals surface area (Å²) in [6, 6.07) is 19.2. The summed E-state index contributed by atoms with van der Waals surface area (Å²) in [6.07, 6.45) is 3.11. The average molecular weight is 501 g/mol. The third-order valence-corrected chi connectivity index (χ3v) is 6.74. The summed E-state index contributed by atoms with van der Waals surface area (Å²) in [6.45, 7) is 7.58. The van der Waals surface area contributed by atoms with E-state index in [0.29, 0.717) is 25.2 Å². The van der Waals surface area contributed by atoms with Crippen molar-refractivity contribution < 1.29 is 13.9 Å². The number of H-pyrrole nitrogens is 1. The van der Waals surface area contributed by atoms with Gasteiger partial charge >= 0.3 is 6.09 Å². The van der Waals surface area contributed by atoms with E-state index in [1.807, 2.05) is 51.1 Å². The fraction of sp³-hybridized carbons (Fsp3) is 0.333. The highest BCUT2D eigenvalue weighted by Crippen LogP contribution is 2.35. The molecule has 5 rings (SSSR count). The van der Waals surface area contributed by atoms with Gasteiger partial charge in [0.05, 0.1) is 0 Å². The van der Waals surface area contributed by atoms with Crippen molar-refractivity contribution in [3.05, 3.63) is 83.9 Å². The first-order valence-corrected chi connectivity index (χ1v) is 12.8. The summed E-state index contributed by atoms with van der Waals surface area (Å²) in [5, 5.41) is 4.29. The number of likely N-dealkylation sites (tertiary alicyclic amines) is 1. The molecule has 0 unspecified atom stereocenters. The normalized spacial score (nSPS) is 14.6. The minimum Gasteiger partial charge on any atom is -0.444 e. The van der Waals surface area contributed by atoms with Gasteiger partial charge in [-0.15, -0.1) is 0 Å². The van der Waals surface area contributed by atoms with Gasteiger partial charge in [-0.2, -0.15) is 0 Å². The highest BCUT2D eigenvalue weighted by molar-refractivity contribution is 5.94. The van der Waals surface area contributed by atoms with Crippen LogP contribution in [0.4, 0.5) is 14.9 Å². The van der Waals surface area contributed by atoms with Crippen molar-refractivity contribution in [2.24, 2.45) is 0 Å². The number of nitrogens with one attached hydrogen (secondary N) is 2. The maximum absolute atomic E-state index is 15.0. The second kappa shape index (κ2) is 10.2. The minimum absolute atomic E-state index is 0.261. The standard InChI is InChI=1S/C30H33FN4O2/c1-30(2,3)37-29(36)35-15-12-21(13-16-35)27-18-25-23(11-14-32-28(25)34-27)24-17-22(9-10-26(24)31)33-19-20-7-5-4-6-8-20/h4-11,14,17-18,21,33H,12-13,15-16,19H2,1-3H3,(H,32,34). The van der Waals surface area contributed by atoms with E-state index >= 15 is 4.39 Å². The number of carbonyl (C=O) groups is 1. The fourth-order valence-corrected chi connectivity index (χ4v) is 4.84. The largest absolute Gasteiger partial charge is 0.444 e. The van der Waals surface area contributed by atoms with Crippen LogP contribution in [-0.2, 0) is 11.3 Å². The Labute approximate surface area is 216 Å². The number of piperidine rings is 1. The average Bonchev–Trinajstić information content (AvgIpc) is 3.33. The molecule has 1 aliphatic rings. The summed E-state index contributed by atoms with van der Waals surface area (Å²) in [7, 11) is 0. The maximum atomic E-state index is 15.0. The Bertz CT molecular complexity index is 1390. The molecule has 2 aromatic carbocycles. The third-order valence-electron chi connectivity index (χ3n) is 6.74. The number of aromatic amines is 1. The van der Waals surface area contributed by atoms with Crippen LogP contribution >= 0.6 is 0 Å². The van der Waals surface area contributed by atoms with Gasteiger partial charge in [0.25, 0.3) is 0 Å². The van der Waals surface area contributed by atoms with Crippen LogP contribution in [0.25, 0.3) is 22.2 Å². The van der Waals surface area contributed by atoms with Crippen LogP contribution in [0.1, 0.15) is 50.8 Å². The number of benzene rings is 2. The van der Waals surface area contributed by atoms with E-state index in [9.17, 15) is 4.79 Å². The Morgan fingerprint density at radius 1 is 1.08 bits per heavy atom. The number of pyridine rings is 1. The van der Waals surface area contributed by atoms with E-state index in [4.69, 9.17) is 4.74 Å². The number of fused-ring (bicyclic) bond motifs is 1. The van der Waals surface area contributed by atoms with Crippen molar-refractivity contribution >= 4 is 22.8 Å². The number of anilines is 1. The number of halogens is 1. The molecule has 4 aromatic rings. The smallest absolute Gasteiger partial charge is 0.410 e. The van der Waals surface area contributed by atoms with Gasteiger partial charge in [0.2, 0.25) is 0 Å². The van der Waals surface area contributed by atoms with E-state index < -0.39 is 5.60 Å². The number of nitrogens with zero attached hydrogens (tertiary/aromatic N) is 2. The number of amides is 1. The molecular weight excluding hydrogens is 467 g/mol. The molecule has 7 heteroatoms. The molecule has 2 aromatic heterocycles. The predicted octanol–water partition coefficient (Wildman–Crippen LogP) is 7.10. The minimum atomic E-state index is -0.503. The Kier molecular flexibility index (Phi) is 6.87. The first-order valence-electron chi connectivity index (χ1n) is 12.8. The van der Waals surface area contributed by atoms with Crippen LogP contribution in [0.5, 0.6) is 0 Å². The van der Waals surface area contributed by atoms with Crippen LogP contribution in [0.2, 0.25) is 0 Å². The van der Waals surface area contributed by atoms with Crippen LogP contribution < -0.4 is 5.32 Å². The highest BCUT2D eigenvalue weighted by Gasteiger charge is 2.28. The zero-order chi connectivity index (χ0) is 26.0.